The molecule has 6 nitrogen and oxygen atoms in total. The highest BCUT2D eigenvalue weighted by Gasteiger charge is 1.99. The molecule has 0 saturated heterocycles. The minimum absolute atomic E-state index is 0.591. The Morgan fingerprint density at radius 2 is 2.10 bits per heavy atom. The van der Waals surface area contributed by atoms with Crippen LogP contribution >= 0.6 is 0 Å². The number of aryl methyl sites for hydroxylation is 1. The van der Waals surface area contributed by atoms with Gasteiger partial charge in [0, 0.05) is 43.5 Å². The third kappa shape index (κ3) is 8.21. The topological polar surface area (TPSA) is 69.0 Å². The van der Waals surface area contributed by atoms with Crippen molar-refractivity contribution in [2.24, 2.45) is 0 Å². The minimum atomic E-state index is 0.591. The number of nitrogens with zero attached hydrogens (tertiary/aromatic N) is 3. The highest BCUT2D eigenvalue weighted by Crippen LogP contribution is 2.11. The Morgan fingerprint density at radius 1 is 1.26 bits per heavy atom. The molecule has 1 aromatic carbocycles. The van der Waals surface area contributed by atoms with Gasteiger partial charge in [-0.15, -0.1) is 0 Å². The van der Waals surface area contributed by atoms with Crippen LogP contribution in [0.2, 0.25) is 0 Å². The van der Waals surface area contributed by atoms with Crippen LogP contribution in [0.3, 0.4) is 0 Å². The van der Waals surface area contributed by atoms with E-state index in [1.165, 1.54) is 6.21 Å². The second-order valence-electron chi connectivity index (χ2n) is 7.05. The lowest BCUT2D eigenvalue weighted by Crippen LogP contribution is -2.25. The van der Waals surface area contributed by atoms with Crippen LogP contribution in [0, 0.1) is 24.2 Å². The van der Waals surface area contributed by atoms with E-state index in [4.69, 9.17) is 5.41 Å². The van der Waals surface area contributed by atoms with Gasteiger partial charge >= 0.3 is 0 Å². The molecule has 0 aliphatic carbocycles. The Labute approximate surface area is 185 Å². The lowest BCUT2D eigenvalue weighted by molar-refractivity contribution is 0.410. The van der Waals surface area contributed by atoms with E-state index in [2.05, 4.69) is 39.0 Å². The predicted molar refractivity (Wildman–Crippen MR) is 130 cm³/mol. The van der Waals surface area contributed by atoms with E-state index in [1.54, 1.807) is 29.3 Å². The van der Waals surface area contributed by atoms with Crippen molar-refractivity contribution in [3.63, 3.8) is 0 Å². The molecule has 0 aliphatic heterocycles. The van der Waals surface area contributed by atoms with Gasteiger partial charge in [-0.05, 0) is 56.3 Å². The van der Waals surface area contributed by atoms with E-state index in [-0.39, 0.29) is 0 Å². The van der Waals surface area contributed by atoms with Gasteiger partial charge in [-0.25, -0.2) is 0 Å². The molecule has 6 heteroatoms. The van der Waals surface area contributed by atoms with Crippen molar-refractivity contribution < 1.29 is 0 Å². The molecule has 1 aromatic heterocycles. The van der Waals surface area contributed by atoms with Crippen LogP contribution < -0.4 is 10.7 Å². The highest BCUT2D eigenvalue weighted by molar-refractivity contribution is 5.77. The van der Waals surface area contributed by atoms with E-state index >= 15 is 0 Å². The third-order valence-corrected chi connectivity index (χ3v) is 4.27. The molecular formula is C25H30N6. The van der Waals surface area contributed by atoms with Crippen molar-refractivity contribution >= 4 is 12.3 Å². The van der Waals surface area contributed by atoms with Crippen molar-refractivity contribution in [3.8, 4) is 11.8 Å². The fourth-order valence-corrected chi connectivity index (χ4v) is 2.49. The van der Waals surface area contributed by atoms with E-state index < -0.39 is 0 Å². The lowest BCUT2D eigenvalue weighted by atomic mass is 10.1. The second-order valence-corrected chi connectivity index (χ2v) is 7.05. The lowest BCUT2D eigenvalue weighted by Gasteiger charge is -2.13. The van der Waals surface area contributed by atoms with Gasteiger partial charge in [0.1, 0.15) is 5.69 Å². The zero-order chi connectivity index (χ0) is 22.5. The number of hydrogen-bond acceptors (Lipinski definition) is 5. The molecule has 0 amide bonds. The molecule has 0 saturated carbocycles. The predicted octanol–water partition coefficient (Wildman–Crippen LogP) is 3.54. The first-order valence-electron chi connectivity index (χ1n) is 10.00. The van der Waals surface area contributed by atoms with Crippen molar-refractivity contribution in [1.82, 2.24) is 19.9 Å². The summed E-state index contributed by atoms with van der Waals surface area (Å²) >= 11 is 0. The number of hydrogen-bond donors (Lipinski definition) is 3. The monoisotopic (exact) mass is 414 g/mol. The van der Waals surface area contributed by atoms with Gasteiger partial charge < -0.3 is 15.6 Å². The molecule has 2 rings (SSSR count). The highest BCUT2D eigenvalue weighted by atomic mass is 15.4. The first kappa shape index (κ1) is 23.5. The van der Waals surface area contributed by atoms with E-state index in [0.29, 0.717) is 11.4 Å². The summed E-state index contributed by atoms with van der Waals surface area (Å²) in [5.41, 5.74) is 7.48. The third-order valence-electron chi connectivity index (χ3n) is 4.27. The van der Waals surface area contributed by atoms with Gasteiger partial charge in [-0.2, -0.15) is 0 Å². The number of nitrogens with one attached hydrogen (secondary N) is 3. The van der Waals surface area contributed by atoms with Crippen LogP contribution in [0.1, 0.15) is 22.4 Å². The summed E-state index contributed by atoms with van der Waals surface area (Å²) in [4.78, 5) is 6.40. The summed E-state index contributed by atoms with van der Waals surface area (Å²) in [7, 11) is 4.04. The van der Waals surface area contributed by atoms with Crippen molar-refractivity contribution in [1.29, 1.82) is 5.41 Å². The Balaban J connectivity index is 2.41. The molecule has 31 heavy (non-hydrogen) atoms. The first-order chi connectivity index (χ1) is 15.0. The molecule has 0 unspecified atom stereocenters. The Morgan fingerprint density at radius 3 is 2.84 bits per heavy atom. The number of benzene rings is 1. The molecule has 0 bridgehead atoms. The quantitative estimate of drug-likeness (QED) is 0.351. The summed E-state index contributed by atoms with van der Waals surface area (Å²) in [5, 5.41) is 11.0. The van der Waals surface area contributed by atoms with Gasteiger partial charge in [0.15, 0.2) is 0 Å². The Bertz CT molecular complexity index is 1040. The van der Waals surface area contributed by atoms with E-state index in [1.807, 2.05) is 63.6 Å². The SMILES string of the molecule is C=Cc1ccc(C)c(C#Cc2cncccccn2N/C(C=N)=C/NCCN(C)C)c1. The molecule has 0 atom stereocenters. The average molecular weight is 415 g/mol. The number of rotatable bonds is 8. The fraction of sp³-hybridized carbons (Fsp3) is 0.200. The second kappa shape index (κ2) is 12.7. The van der Waals surface area contributed by atoms with E-state index in [9.17, 15) is 0 Å². The summed E-state index contributed by atoms with van der Waals surface area (Å²) in [6, 6.07) is 11.7. The summed E-state index contributed by atoms with van der Waals surface area (Å²) < 4.78 is 1.75. The van der Waals surface area contributed by atoms with Gasteiger partial charge in [0.05, 0.1) is 11.9 Å². The van der Waals surface area contributed by atoms with Crippen LogP contribution in [0.25, 0.3) is 6.08 Å². The maximum atomic E-state index is 7.75. The van der Waals surface area contributed by atoms with Gasteiger partial charge in [-0.3, -0.25) is 15.1 Å². The van der Waals surface area contributed by atoms with Crippen LogP contribution in [0.15, 0.2) is 73.5 Å². The van der Waals surface area contributed by atoms with Crippen molar-refractivity contribution in [3.05, 3.63) is 95.8 Å². The molecule has 3 N–H and O–H groups in total. The van der Waals surface area contributed by atoms with Crippen LogP contribution in [0.5, 0.6) is 0 Å². The number of likely N-dealkylation sites (N-methyl/N-ethyl adjacent to an activating group) is 1. The smallest absolute Gasteiger partial charge is 0.131 e. The van der Waals surface area contributed by atoms with Crippen LogP contribution in [-0.2, 0) is 0 Å². The maximum absolute atomic E-state index is 7.75. The summed E-state index contributed by atoms with van der Waals surface area (Å²) in [6.45, 7) is 7.53. The summed E-state index contributed by atoms with van der Waals surface area (Å²) in [6.07, 6.45) is 10.1. The Hall–Kier alpha value is -3.82. The molecule has 2 aromatic rings. The molecule has 1 heterocycles. The number of aromatic nitrogens is 2. The number of allylic oxidation sites excluding steroid dienone is 1. The normalized spacial score (nSPS) is 10.5. The fourth-order valence-electron chi connectivity index (χ4n) is 2.49. The molecule has 0 spiro atoms. The molecule has 160 valence electrons. The van der Waals surface area contributed by atoms with Gasteiger partial charge in [0.2, 0.25) is 0 Å². The molecule has 0 fully saturated rings. The summed E-state index contributed by atoms with van der Waals surface area (Å²) in [5.74, 6) is 6.44. The Kier molecular flexibility index (Phi) is 9.60. The largest absolute Gasteiger partial charge is 0.388 e. The van der Waals surface area contributed by atoms with Crippen molar-refractivity contribution in [2.45, 2.75) is 6.92 Å². The zero-order valence-electron chi connectivity index (χ0n) is 18.4. The zero-order valence-corrected chi connectivity index (χ0v) is 18.4. The maximum Gasteiger partial charge on any atom is 0.131 e. The van der Waals surface area contributed by atoms with Gasteiger partial charge in [-0.1, -0.05) is 36.8 Å². The average Bonchev–Trinajstić information content (AvgIpc) is 2.87. The minimum Gasteiger partial charge on any atom is -0.388 e. The van der Waals surface area contributed by atoms with Crippen LogP contribution in [0.4, 0.5) is 0 Å². The van der Waals surface area contributed by atoms with Gasteiger partial charge in [0.25, 0.3) is 0 Å². The first-order valence-corrected chi connectivity index (χ1v) is 10.00. The molecule has 0 aliphatic rings. The molecular weight excluding hydrogens is 384 g/mol. The standard InChI is InChI=1S/C25H30N6/c1-5-22-10-9-21(2)23(17-22)11-12-25-20-27-13-7-6-8-15-31(25)29-24(18-26)19-28-14-16-30(3)4/h5-10,13,15,17-20,26,28-29H,1,14,16H2,2-4H3/b7-6?,15-8?,24-19+,25-20?,26-18?,27-13?. The molecule has 0 radical (unpaired) electrons. The van der Waals surface area contributed by atoms with E-state index in [0.717, 1.165) is 29.8 Å². The van der Waals surface area contributed by atoms with Crippen molar-refractivity contribution in [2.75, 3.05) is 32.6 Å². The van der Waals surface area contributed by atoms with Crippen LogP contribution in [-0.4, -0.2) is 48.0 Å².